The number of rotatable bonds is 6. The average molecular weight is 221 g/mol. The first kappa shape index (κ1) is 13.8. The Morgan fingerprint density at radius 2 is 1.87 bits per heavy atom. The summed E-state index contributed by atoms with van der Waals surface area (Å²) in [5.41, 5.74) is 7.87. The predicted molar refractivity (Wildman–Crippen MR) is 45.3 cm³/mol. The lowest BCUT2D eigenvalue weighted by atomic mass is 10.0. The van der Waals surface area contributed by atoms with E-state index in [4.69, 9.17) is 31.1 Å². The summed E-state index contributed by atoms with van der Waals surface area (Å²) in [5.74, 6) is -1.37. The second-order valence-electron chi connectivity index (χ2n) is 2.67. The van der Waals surface area contributed by atoms with Crippen molar-refractivity contribution in [1.29, 1.82) is 0 Å². The fraction of sp³-hybridized carbons (Fsp3) is 0.833. The Morgan fingerprint density at radius 1 is 1.33 bits per heavy atom. The third-order valence-corrected chi connectivity index (χ3v) is 1.61. The summed E-state index contributed by atoms with van der Waals surface area (Å²) in [7, 11) is 0. The highest BCUT2D eigenvalue weighted by Crippen LogP contribution is 2.04. The molecule has 0 heterocycles. The molecule has 0 rings (SSSR count). The quantitative estimate of drug-likeness (QED) is 0.185. The summed E-state index contributed by atoms with van der Waals surface area (Å²) in [4.78, 5) is 13.1. The molecule has 15 heavy (non-hydrogen) atoms. The molecular weight excluding hydrogens is 210 g/mol. The molecule has 0 bridgehead atoms. The summed E-state index contributed by atoms with van der Waals surface area (Å²) in [6, 6.07) is 0. The van der Waals surface area contributed by atoms with Crippen molar-refractivity contribution in [2.24, 2.45) is 5.11 Å². The highest BCUT2D eigenvalue weighted by atomic mass is 16.4. The van der Waals surface area contributed by atoms with Gasteiger partial charge in [0.05, 0.1) is 6.61 Å². The average Bonchev–Trinajstić information content (AvgIpc) is 2.25. The van der Waals surface area contributed by atoms with E-state index in [0.717, 1.165) is 0 Å². The molecule has 0 aliphatic heterocycles. The number of aliphatic hydroxyl groups excluding tert-OH is 5. The van der Waals surface area contributed by atoms with Crippen molar-refractivity contribution in [3.05, 3.63) is 10.4 Å². The maximum Gasteiger partial charge on any atom is 0.198 e. The smallest absolute Gasteiger partial charge is 0.198 e. The number of hydrogen-bond acceptors (Lipinski definition) is 7. The Labute approximate surface area is 83.8 Å². The molecule has 9 nitrogen and oxygen atoms in total. The van der Waals surface area contributed by atoms with Gasteiger partial charge in [0, 0.05) is 4.91 Å². The van der Waals surface area contributed by atoms with Crippen LogP contribution in [0.25, 0.3) is 10.4 Å². The van der Waals surface area contributed by atoms with Crippen molar-refractivity contribution < 1.29 is 30.3 Å². The molecule has 0 aromatic rings. The van der Waals surface area contributed by atoms with Crippen LogP contribution in [0.2, 0.25) is 0 Å². The lowest BCUT2D eigenvalue weighted by Gasteiger charge is -2.20. The van der Waals surface area contributed by atoms with Gasteiger partial charge < -0.3 is 25.5 Å². The number of Topliss-reactive ketones (excluding diaryl/α,β-unsaturated/α-hetero) is 1. The van der Waals surface area contributed by atoms with E-state index in [1.807, 2.05) is 0 Å². The van der Waals surface area contributed by atoms with Crippen LogP contribution in [0.3, 0.4) is 0 Å². The predicted octanol–water partition coefficient (Wildman–Crippen LogP) is -2.74. The highest BCUT2D eigenvalue weighted by Gasteiger charge is 2.32. The SMILES string of the molecule is [N-]=[N+]=NC(O)C(=O)[C@@H](O)[C@@H](O)[C@H](O)CO. The second-order valence-corrected chi connectivity index (χ2v) is 2.67. The molecule has 4 atom stereocenters. The van der Waals surface area contributed by atoms with Gasteiger partial charge in [0.15, 0.2) is 12.0 Å². The second kappa shape index (κ2) is 6.30. The zero-order valence-electron chi connectivity index (χ0n) is 7.50. The largest absolute Gasteiger partial charge is 0.394 e. The Kier molecular flexibility index (Phi) is 5.79. The molecule has 0 saturated carbocycles. The van der Waals surface area contributed by atoms with Crippen LogP contribution in [0.5, 0.6) is 0 Å². The van der Waals surface area contributed by atoms with Gasteiger partial charge in [-0.2, -0.15) is 0 Å². The van der Waals surface area contributed by atoms with Crippen LogP contribution in [-0.2, 0) is 4.79 Å². The third-order valence-electron chi connectivity index (χ3n) is 1.61. The Hall–Kier alpha value is -1.22. The first-order valence-electron chi connectivity index (χ1n) is 3.86. The van der Waals surface area contributed by atoms with Crippen molar-refractivity contribution in [2.45, 2.75) is 24.5 Å². The van der Waals surface area contributed by atoms with Crippen LogP contribution >= 0.6 is 0 Å². The van der Waals surface area contributed by atoms with E-state index < -0.39 is 36.9 Å². The van der Waals surface area contributed by atoms with E-state index >= 15 is 0 Å². The molecule has 0 aromatic heterocycles. The number of hydrogen-bond donors (Lipinski definition) is 5. The summed E-state index contributed by atoms with van der Waals surface area (Å²) in [6.45, 7) is -0.872. The summed E-state index contributed by atoms with van der Waals surface area (Å²) >= 11 is 0. The lowest BCUT2D eigenvalue weighted by molar-refractivity contribution is -0.148. The number of azide groups is 1. The molecular formula is C6H11N3O6. The summed E-state index contributed by atoms with van der Waals surface area (Å²) in [6.07, 6.45) is -7.99. The topological polar surface area (TPSA) is 167 Å². The van der Waals surface area contributed by atoms with Gasteiger partial charge in [-0.15, -0.1) is 0 Å². The van der Waals surface area contributed by atoms with Crippen LogP contribution < -0.4 is 0 Å². The van der Waals surface area contributed by atoms with Crippen molar-refractivity contribution in [1.82, 2.24) is 0 Å². The van der Waals surface area contributed by atoms with Crippen LogP contribution in [0.4, 0.5) is 0 Å². The summed E-state index contributed by atoms with van der Waals surface area (Å²) < 4.78 is 0. The summed E-state index contributed by atoms with van der Waals surface area (Å²) in [5, 5.41) is 46.8. The van der Waals surface area contributed by atoms with Crippen molar-refractivity contribution in [2.75, 3.05) is 6.61 Å². The van der Waals surface area contributed by atoms with Gasteiger partial charge in [-0.25, -0.2) is 0 Å². The molecule has 86 valence electrons. The molecule has 0 amide bonds. The molecule has 5 N–H and O–H groups in total. The number of ketones is 1. The van der Waals surface area contributed by atoms with Gasteiger partial charge in [-0.3, -0.25) is 4.79 Å². The van der Waals surface area contributed by atoms with Crippen LogP contribution in [0.1, 0.15) is 0 Å². The molecule has 0 aliphatic rings. The Morgan fingerprint density at radius 3 is 2.27 bits per heavy atom. The first-order chi connectivity index (χ1) is 6.95. The zero-order chi connectivity index (χ0) is 12.0. The number of carbonyl (C=O) groups excluding carboxylic acids is 1. The first-order valence-corrected chi connectivity index (χ1v) is 3.86. The minimum absolute atomic E-state index is 0.872. The lowest BCUT2D eigenvalue weighted by Crippen LogP contribution is -2.46. The highest BCUT2D eigenvalue weighted by molar-refractivity contribution is 5.87. The van der Waals surface area contributed by atoms with Crippen LogP contribution in [0, 0.1) is 0 Å². The van der Waals surface area contributed by atoms with E-state index in [1.165, 1.54) is 0 Å². The monoisotopic (exact) mass is 221 g/mol. The molecule has 0 fully saturated rings. The maximum absolute atomic E-state index is 11.0. The molecule has 9 heteroatoms. The van der Waals surface area contributed by atoms with Gasteiger partial charge in [-0.1, -0.05) is 5.11 Å². The molecule has 0 spiro atoms. The van der Waals surface area contributed by atoms with E-state index in [1.54, 1.807) is 0 Å². The molecule has 0 radical (unpaired) electrons. The molecule has 0 aliphatic carbocycles. The van der Waals surface area contributed by atoms with Crippen molar-refractivity contribution in [3.8, 4) is 0 Å². The van der Waals surface area contributed by atoms with E-state index in [0.29, 0.717) is 0 Å². The van der Waals surface area contributed by atoms with Crippen molar-refractivity contribution >= 4 is 5.78 Å². The fourth-order valence-corrected chi connectivity index (χ4v) is 0.745. The van der Waals surface area contributed by atoms with Gasteiger partial charge in [-0.05, 0) is 5.53 Å². The number of nitrogens with zero attached hydrogens (tertiary/aromatic N) is 3. The van der Waals surface area contributed by atoms with E-state index in [-0.39, 0.29) is 0 Å². The molecule has 0 saturated heterocycles. The number of carbonyl (C=O) groups is 1. The van der Waals surface area contributed by atoms with Gasteiger partial charge in [0.2, 0.25) is 0 Å². The van der Waals surface area contributed by atoms with Gasteiger partial charge >= 0.3 is 0 Å². The maximum atomic E-state index is 11.0. The van der Waals surface area contributed by atoms with Gasteiger partial charge in [0.1, 0.15) is 18.3 Å². The Balaban J connectivity index is 4.49. The minimum atomic E-state index is -2.15. The molecule has 0 aromatic carbocycles. The van der Waals surface area contributed by atoms with Crippen LogP contribution in [-0.4, -0.2) is 62.5 Å². The standard InChI is InChI=1S/C6H11N3O6/c7-9-8-6(15)5(14)4(13)3(12)2(11)1-10/h2-4,6,10-13,15H,1H2/t2-,3+,4+,6?/m1/s1. The fourth-order valence-electron chi connectivity index (χ4n) is 0.745. The zero-order valence-corrected chi connectivity index (χ0v) is 7.50. The van der Waals surface area contributed by atoms with E-state index in [2.05, 4.69) is 10.0 Å². The third kappa shape index (κ3) is 3.80. The van der Waals surface area contributed by atoms with Crippen LogP contribution in [0.15, 0.2) is 5.11 Å². The number of aliphatic hydroxyl groups is 5. The van der Waals surface area contributed by atoms with Crippen molar-refractivity contribution in [3.63, 3.8) is 0 Å². The minimum Gasteiger partial charge on any atom is -0.394 e. The van der Waals surface area contributed by atoms with Gasteiger partial charge in [0.25, 0.3) is 0 Å². The Bertz CT molecular complexity index is 266. The molecule has 1 unspecified atom stereocenters. The van der Waals surface area contributed by atoms with E-state index in [9.17, 15) is 4.79 Å². The normalized spacial score (nSPS) is 18.5.